The van der Waals surface area contributed by atoms with Crippen LogP contribution in [0, 0.1) is 11.7 Å². The highest BCUT2D eigenvalue weighted by Crippen LogP contribution is 2.41. The molecule has 1 N–H and O–H groups in total. The number of nitrogens with one attached hydrogen (secondary N) is 1. The van der Waals surface area contributed by atoms with Gasteiger partial charge >= 0.3 is 0 Å². The van der Waals surface area contributed by atoms with Gasteiger partial charge in [0.25, 0.3) is 5.91 Å². The summed E-state index contributed by atoms with van der Waals surface area (Å²) < 4.78 is 13.4. The third kappa shape index (κ3) is 4.95. The number of nitrogens with zero attached hydrogens (tertiary/aromatic N) is 1. The van der Waals surface area contributed by atoms with Crippen molar-refractivity contribution in [3.8, 4) is 0 Å². The Morgan fingerprint density at radius 2 is 1.71 bits per heavy atom. The molecule has 0 spiro atoms. The van der Waals surface area contributed by atoms with Gasteiger partial charge in [0.05, 0.1) is 11.4 Å². The molecule has 6 heteroatoms. The van der Waals surface area contributed by atoms with Gasteiger partial charge in [0, 0.05) is 11.3 Å². The van der Waals surface area contributed by atoms with Crippen molar-refractivity contribution in [2.75, 3.05) is 5.75 Å². The lowest BCUT2D eigenvalue weighted by Gasteiger charge is -2.35. The molecule has 1 saturated heterocycles. The fraction of sp³-hybridized carbons (Fsp3) is 0.440. The van der Waals surface area contributed by atoms with Gasteiger partial charge in [0.1, 0.15) is 11.9 Å². The minimum atomic E-state index is -0.527. The van der Waals surface area contributed by atoms with E-state index in [1.807, 2.05) is 37.3 Å². The number of rotatable bonds is 5. The summed E-state index contributed by atoms with van der Waals surface area (Å²) in [5.41, 5.74) is 1.46. The molecule has 1 aliphatic carbocycles. The Labute approximate surface area is 187 Å². The van der Waals surface area contributed by atoms with E-state index in [2.05, 4.69) is 5.32 Å². The van der Waals surface area contributed by atoms with Gasteiger partial charge in [0.15, 0.2) is 0 Å². The second kappa shape index (κ2) is 9.86. The van der Waals surface area contributed by atoms with E-state index < -0.39 is 6.04 Å². The van der Waals surface area contributed by atoms with Crippen LogP contribution in [0.3, 0.4) is 0 Å². The zero-order chi connectivity index (χ0) is 21.8. The van der Waals surface area contributed by atoms with Crippen LogP contribution in [0.4, 0.5) is 4.39 Å². The monoisotopic (exact) mass is 440 g/mol. The third-order valence-corrected chi connectivity index (χ3v) is 7.84. The Bertz CT molecular complexity index is 899. The van der Waals surface area contributed by atoms with E-state index in [9.17, 15) is 14.0 Å². The number of carbonyl (C=O) groups excluding carboxylic acids is 2. The molecule has 2 amide bonds. The summed E-state index contributed by atoms with van der Waals surface area (Å²) in [5, 5.41) is 3.09. The Hall–Kier alpha value is -2.34. The van der Waals surface area contributed by atoms with Crippen LogP contribution in [0.1, 0.15) is 61.0 Å². The summed E-state index contributed by atoms with van der Waals surface area (Å²) in [6, 6.07) is 14.8. The predicted octanol–water partition coefficient (Wildman–Crippen LogP) is 5.17. The van der Waals surface area contributed by atoms with Crippen molar-refractivity contribution in [2.45, 2.75) is 56.5 Å². The topological polar surface area (TPSA) is 49.4 Å². The highest BCUT2D eigenvalue weighted by atomic mass is 32.2. The third-order valence-electron chi connectivity index (χ3n) is 6.37. The second-order valence-electron chi connectivity index (χ2n) is 8.50. The molecule has 1 aliphatic heterocycles. The SMILES string of the molecule is CC(NC(=O)C1CSC(C2CCCCC2)N1C(=O)c1ccc(F)cc1)c1ccccc1. The lowest BCUT2D eigenvalue weighted by atomic mass is 9.88. The van der Waals surface area contributed by atoms with Gasteiger partial charge in [-0.15, -0.1) is 11.8 Å². The van der Waals surface area contributed by atoms with Gasteiger partial charge in [0.2, 0.25) is 5.91 Å². The van der Waals surface area contributed by atoms with E-state index in [-0.39, 0.29) is 29.0 Å². The number of carbonyl (C=O) groups is 2. The molecule has 1 saturated carbocycles. The maximum absolute atomic E-state index is 13.5. The lowest BCUT2D eigenvalue weighted by molar-refractivity contribution is -0.125. The Morgan fingerprint density at radius 1 is 1.03 bits per heavy atom. The molecule has 2 aliphatic rings. The number of hydrogen-bond acceptors (Lipinski definition) is 3. The summed E-state index contributed by atoms with van der Waals surface area (Å²) >= 11 is 1.71. The standard InChI is InChI=1S/C25H29FN2O2S/c1-17(18-8-4-2-5-9-18)27-23(29)22-16-31-25(20-10-6-3-7-11-20)28(22)24(30)19-12-14-21(26)15-13-19/h2,4-5,8-9,12-15,17,20,22,25H,3,6-7,10-11,16H2,1H3,(H,27,29). The first kappa shape index (κ1) is 21.9. The van der Waals surface area contributed by atoms with Gasteiger partial charge in [-0.3, -0.25) is 9.59 Å². The van der Waals surface area contributed by atoms with Crippen LogP contribution in [0.2, 0.25) is 0 Å². The van der Waals surface area contributed by atoms with Gasteiger partial charge in [-0.1, -0.05) is 49.6 Å². The highest BCUT2D eigenvalue weighted by molar-refractivity contribution is 8.00. The average Bonchev–Trinajstić information content (AvgIpc) is 3.25. The van der Waals surface area contributed by atoms with Crippen LogP contribution in [-0.4, -0.2) is 33.9 Å². The van der Waals surface area contributed by atoms with Crippen molar-refractivity contribution in [2.24, 2.45) is 5.92 Å². The smallest absolute Gasteiger partial charge is 0.255 e. The molecule has 2 aromatic carbocycles. The fourth-order valence-corrected chi connectivity index (χ4v) is 6.28. The van der Waals surface area contributed by atoms with Crippen LogP contribution in [-0.2, 0) is 4.79 Å². The number of hydrogen-bond donors (Lipinski definition) is 1. The van der Waals surface area contributed by atoms with Crippen LogP contribution < -0.4 is 5.32 Å². The average molecular weight is 441 g/mol. The van der Waals surface area contributed by atoms with E-state index in [0.29, 0.717) is 17.2 Å². The maximum Gasteiger partial charge on any atom is 0.255 e. The summed E-state index contributed by atoms with van der Waals surface area (Å²) in [6.45, 7) is 1.96. The van der Waals surface area contributed by atoms with Crippen molar-refractivity contribution in [1.82, 2.24) is 10.2 Å². The molecule has 1 heterocycles. The van der Waals surface area contributed by atoms with Crippen molar-refractivity contribution in [3.63, 3.8) is 0 Å². The first-order valence-electron chi connectivity index (χ1n) is 11.1. The van der Waals surface area contributed by atoms with Gasteiger partial charge in [-0.25, -0.2) is 4.39 Å². The normalized spacial score (nSPS) is 22.8. The summed E-state index contributed by atoms with van der Waals surface area (Å²) in [7, 11) is 0. The molecule has 164 valence electrons. The molecule has 2 aromatic rings. The molecule has 3 atom stereocenters. The van der Waals surface area contributed by atoms with Crippen LogP contribution in [0.5, 0.6) is 0 Å². The largest absolute Gasteiger partial charge is 0.348 e. The fourth-order valence-electron chi connectivity index (χ4n) is 4.65. The molecule has 0 bridgehead atoms. The molecule has 4 rings (SSSR count). The first-order chi connectivity index (χ1) is 15.0. The molecule has 3 unspecified atom stereocenters. The summed E-state index contributed by atoms with van der Waals surface area (Å²) in [6.07, 6.45) is 5.74. The number of halogens is 1. The van der Waals surface area contributed by atoms with Crippen LogP contribution in [0.15, 0.2) is 54.6 Å². The van der Waals surface area contributed by atoms with Gasteiger partial charge in [-0.05, 0) is 55.5 Å². The molecular weight excluding hydrogens is 411 g/mol. The Morgan fingerprint density at radius 3 is 2.39 bits per heavy atom. The minimum Gasteiger partial charge on any atom is -0.348 e. The second-order valence-corrected chi connectivity index (χ2v) is 9.65. The molecule has 2 fully saturated rings. The molecule has 4 nitrogen and oxygen atoms in total. The number of benzene rings is 2. The van der Waals surface area contributed by atoms with Crippen molar-refractivity contribution in [1.29, 1.82) is 0 Å². The molecule has 0 radical (unpaired) electrons. The Kier molecular flexibility index (Phi) is 6.96. The van der Waals surface area contributed by atoms with Crippen molar-refractivity contribution < 1.29 is 14.0 Å². The maximum atomic E-state index is 13.5. The summed E-state index contributed by atoms with van der Waals surface area (Å²) in [4.78, 5) is 28.6. The zero-order valence-electron chi connectivity index (χ0n) is 17.8. The minimum absolute atomic E-state index is 0.0133. The number of thioether (sulfide) groups is 1. The molecule has 0 aromatic heterocycles. The van der Waals surface area contributed by atoms with Crippen LogP contribution >= 0.6 is 11.8 Å². The van der Waals surface area contributed by atoms with Gasteiger partial charge in [-0.2, -0.15) is 0 Å². The van der Waals surface area contributed by atoms with Crippen molar-refractivity contribution in [3.05, 3.63) is 71.5 Å². The zero-order valence-corrected chi connectivity index (χ0v) is 18.6. The van der Waals surface area contributed by atoms with Crippen LogP contribution in [0.25, 0.3) is 0 Å². The molecule has 31 heavy (non-hydrogen) atoms. The van der Waals surface area contributed by atoms with E-state index in [1.54, 1.807) is 16.7 Å². The highest BCUT2D eigenvalue weighted by Gasteiger charge is 2.45. The van der Waals surface area contributed by atoms with E-state index in [4.69, 9.17) is 0 Å². The molecular formula is C25H29FN2O2S. The first-order valence-corrected chi connectivity index (χ1v) is 12.1. The van der Waals surface area contributed by atoms with Gasteiger partial charge < -0.3 is 10.2 Å². The van der Waals surface area contributed by atoms with E-state index >= 15 is 0 Å². The van der Waals surface area contributed by atoms with E-state index in [0.717, 1.165) is 18.4 Å². The quantitative estimate of drug-likeness (QED) is 0.698. The van der Waals surface area contributed by atoms with Crippen molar-refractivity contribution >= 4 is 23.6 Å². The number of amides is 2. The lowest BCUT2D eigenvalue weighted by Crippen LogP contribution is -2.51. The Balaban J connectivity index is 1.56. The van der Waals surface area contributed by atoms with E-state index in [1.165, 1.54) is 43.5 Å². The predicted molar refractivity (Wildman–Crippen MR) is 122 cm³/mol. The summed E-state index contributed by atoms with van der Waals surface area (Å²) in [5.74, 6) is 0.293.